The van der Waals surface area contributed by atoms with Gasteiger partial charge in [-0.15, -0.1) is 23.1 Å². The van der Waals surface area contributed by atoms with Crippen LogP contribution >= 0.6 is 23.1 Å². The summed E-state index contributed by atoms with van der Waals surface area (Å²) in [5, 5.41) is 21.7. The van der Waals surface area contributed by atoms with Gasteiger partial charge in [0.1, 0.15) is 0 Å². The Hall–Kier alpha value is -1.05. The van der Waals surface area contributed by atoms with Crippen LogP contribution in [-0.4, -0.2) is 40.5 Å². The maximum Gasteiger partial charge on any atom is 0.334 e. The molecule has 0 spiro atoms. The lowest BCUT2D eigenvalue weighted by atomic mass is 10.3. The molecule has 1 amide bonds. The van der Waals surface area contributed by atoms with Crippen LogP contribution in [0, 0.1) is 0 Å². The largest absolute Gasteiger partial charge is 0.479 e. The predicted octanol–water partition coefficient (Wildman–Crippen LogP) is 0.543. The fourth-order valence-corrected chi connectivity index (χ4v) is 2.69. The first-order chi connectivity index (χ1) is 8.09. The molecule has 0 aliphatic heterocycles. The highest BCUT2D eigenvalue weighted by Gasteiger charge is 2.13. The van der Waals surface area contributed by atoms with E-state index in [0.29, 0.717) is 0 Å². The van der Waals surface area contributed by atoms with Gasteiger partial charge < -0.3 is 15.5 Å². The lowest BCUT2D eigenvalue weighted by molar-refractivity contribution is -0.146. The van der Waals surface area contributed by atoms with Crippen molar-refractivity contribution in [3.05, 3.63) is 22.4 Å². The third kappa shape index (κ3) is 5.71. The van der Waals surface area contributed by atoms with Crippen LogP contribution in [0.1, 0.15) is 4.88 Å². The minimum Gasteiger partial charge on any atom is -0.479 e. The molecule has 3 N–H and O–H groups in total. The second kappa shape index (κ2) is 7.31. The Morgan fingerprint density at radius 3 is 2.88 bits per heavy atom. The molecular formula is C10H13NO4S2. The molecule has 0 aliphatic rings. The Kier molecular flexibility index (Phi) is 6.03. The van der Waals surface area contributed by atoms with Gasteiger partial charge in [-0.2, -0.15) is 0 Å². The van der Waals surface area contributed by atoms with Gasteiger partial charge in [0.05, 0.1) is 12.3 Å². The summed E-state index contributed by atoms with van der Waals surface area (Å²) in [6, 6.07) is 3.94. The van der Waals surface area contributed by atoms with Crippen molar-refractivity contribution in [1.82, 2.24) is 5.32 Å². The van der Waals surface area contributed by atoms with Gasteiger partial charge in [0.15, 0.2) is 6.10 Å². The minimum absolute atomic E-state index is 0.254. The number of carboxylic acids is 1. The number of aliphatic hydroxyl groups is 1. The zero-order valence-electron chi connectivity index (χ0n) is 8.96. The molecule has 0 aliphatic carbocycles. The van der Waals surface area contributed by atoms with E-state index in [-0.39, 0.29) is 18.2 Å². The molecule has 0 bridgehead atoms. The molecule has 0 aromatic carbocycles. The van der Waals surface area contributed by atoms with Gasteiger partial charge in [-0.25, -0.2) is 4.79 Å². The first-order valence-electron chi connectivity index (χ1n) is 4.87. The van der Waals surface area contributed by atoms with Gasteiger partial charge in [-0.3, -0.25) is 4.79 Å². The molecular weight excluding hydrogens is 262 g/mol. The number of hydrogen-bond donors (Lipinski definition) is 3. The van der Waals surface area contributed by atoms with Gasteiger partial charge in [0, 0.05) is 10.6 Å². The normalized spacial score (nSPS) is 12.1. The topological polar surface area (TPSA) is 86.6 Å². The van der Waals surface area contributed by atoms with Crippen LogP contribution in [-0.2, 0) is 15.3 Å². The lowest BCUT2D eigenvalue weighted by Crippen LogP contribution is -2.37. The Balaban J connectivity index is 2.11. The van der Waals surface area contributed by atoms with Crippen molar-refractivity contribution in [3.8, 4) is 0 Å². The number of thiophene rings is 1. The molecule has 5 nitrogen and oxygen atoms in total. The molecule has 0 fully saturated rings. The monoisotopic (exact) mass is 275 g/mol. The predicted molar refractivity (Wildman–Crippen MR) is 67.1 cm³/mol. The number of carbonyl (C=O) groups is 2. The van der Waals surface area contributed by atoms with Crippen molar-refractivity contribution >= 4 is 35.0 Å². The van der Waals surface area contributed by atoms with Crippen LogP contribution in [0.5, 0.6) is 0 Å². The van der Waals surface area contributed by atoms with E-state index in [4.69, 9.17) is 10.2 Å². The summed E-state index contributed by atoms with van der Waals surface area (Å²) in [7, 11) is 0. The van der Waals surface area contributed by atoms with Gasteiger partial charge in [-0.05, 0) is 11.4 Å². The number of carboxylic acid groups (broad SMARTS) is 1. The average molecular weight is 275 g/mol. The van der Waals surface area contributed by atoms with E-state index in [9.17, 15) is 9.59 Å². The molecule has 1 aromatic heterocycles. The average Bonchev–Trinajstić information content (AvgIpc) is 2.78. The number of aliphatic carboxylic acids is 1. The first-order valence-corrected chi connectivity index (χ1v) is 6.90. The second-order valence-corrected chi connectivity index (χ2v) is 5.25. The van der Waals surface area contributed by atoms with Crippen LogP contribution in [0.15, 0.2) is 17.5 Å². The van der Waals surface area contributed by atoms with Crippen molar-refractivity contribution < 1.29 is 19.8 Å². The van der Waals surface area contributed by atoms with Crippen LogP contribution < -0.4 is 5.32 Å². The number of hydrogen-bond acceptors (Lipinski definition) is 5. The zero-order chi connectivity index (χ0) is 12.7. The third-order valence-corrected chi connectivity index (χ3v) is 3.88. The standard InChI is InChI=1S/C10H13NO4S2/c12-8(10(14)15)4-11-9(13)6-16-5-7-2-1-3-17-7/h1-3,8,12H,4-6H2,(H,11,13)(H,14,15). The Morgan fingerprint density at radius 1 is 1.53 bits per heavy atom. The molecule has 94 valence electrons. The van der Waals surface area contributed by atoms with Crippen LogP contribution in [0.25, 0.3) is 0 Å². The van der Waals surface area contributed by atoms with E-state index in [2.05, 4.69) is 5.32 Å². The lowest BCUT2D eigenvalue weighted by Gasteiger charge is -2.07. The minimum atomic E-state index is -1.54. The van der Waals surface area contributed by atoms with E-state index in [0.717, 1.165) is 5.75 Å². The maximum atomic E-state index is 11.3. The Morgan fingerprint density at radius 2 is 2.29 bits per heavy atom. The summed E-state index contributed by atoms with van der Waals surface area (Å²) in [5.74, 6) is -0.597. The molecule has 1 heterocycles. The summed E-state index contributed by atoms with van der Waals surface area (Å²) in [5.41, 5.74) is 0. The number of amides is 1. The fraction of sp³-hybridized carbons (Fsp3) is 0.400. The molecule has 1 rings (SSSR count). The first kappa shape index (κ1) is 14.0. The number of carbonyl (C=O) groups excluding carboxylic acids is 1. The SMILES string of the molecule is O=C(CSCc1cccs1)NCC(O)C(=O)O. The molecule has 0 saturated heterocycles. The van der Waals surface area contributed by atoms with Crippen molar-refractivity contribution in [1.29, 1.82) is 0 Å². The summed E-state index contributed by atoms with van der Waals surface area (Å²) in [6.07, 6.45) is -1.54. The fourth-order valence-electron chi connectivity index (χ4n) is 0.988. The van der Waals surface area contributed by atoms with E-state index in [1.807, 2.05) is 17.5 Å². The number of thioether (sulfide) groups is 1. The highest BCUT2D eigenvalue weighted by atomic mass is 32.2. The highest BCUT2D eigenvalue weighted by molar-refractivity contribution is 7.99. The summed E-state index contributed by atoms with van der Waals surface area (Å²) in [4.78, 5) is 22.7. The van der Waals surface area contributed by atoms with E-state index in [1.165, 1.54) is 16.6 Å². The highest BCUT2D eigenvalue weighted by Crippen LogP contribution is 2.16. The summed E-state index contributed by atoms with van der Waals surface area (Å²) < 4.78 is 0. The van der Waals surface area contributed by atoms with Crippen molar-refractivity contribution in [2.75, 3.05) is 12.3 Å². The molecule has 1 atom stereocenters. The van der Waals surface area contributed by atoms with Crippen molar-refractivity contribution in [2.45, 2.75) is 11.9 Å². The molecule has 1 unspecified atom stereocenters. The quantitative estimate of drug-likeness (QED) is 0.676. The Bertz CT molecular complexity index is 366. The molecule has 0 radical (unpaired) electrons. The van der Waals surface area contributed by atoms with E-state index < -0.39 is 12.1 Å². The van der Waals surface area contributed by atoms with Gasteiger partial charge >= 0.3 is 5.97 Å². The van der Waals surface area contributed by atoms with Crippen LogP contribution in [0.2, 0.25) is 0 Å². The second-order valence-electron chi connectivity index (χ2n) is 3.23. The van der Waals surface area contributed by atoms with Gasteiger partial charge in [0.2, 0.25) is 5.91 Å². The molecule has 7 heteroatoms. The zero-order valence-corrected chi connectivity index (χ0v) is 10.6. The molecule has 1 aromatic rings. The Labute approximate surface area is 107 Å². The van der Waals surface area contributed by atoms with Crippen LogP contribution in [0.4, 0.5) is 0 Å². The molecule has 0 saturated carbocycles. The number of aliphatic hydroxyl groups excluding tert-OH is 1. The van der Waals surface area contributed by atoms with Gasteiger partial charge in [0.25, 0.3) is 0 Å². The number of rotatable bonds is 7. The molecule has 17 heavy (non-hydrogen) atoms. The van der Waals surface area contributed by atoms with Crippen molar-refractivity contribution in [3.63, 3.8) is 0 Å². The van der Waals surface area contributed by atoms with E-state index in [1.54, 1.807) is 11.3 Å². The summed E-state index contributed by atoms with van der Waals surface area (Å²) >= 11 is 3.07. The third-order valence-electron chi connectivity index (χ3n) is 1.84. The van der Waals surface area contributed by atoms with E-state index >= 15 is 0 Å². The summed E-state index contributed by atoms with van der Waals surface area (Å²) in [6.45, 7) is -0.256. The maximum absolute atomic E-state index is 11.3. The van der Waals surface area contributed by atoms with Crippen LogP contribution in [0.3, 0.4) is 0 Å². The van der Waals surface area contributed by atoms with Crippen molar-refractivity contribution in [2.24, 2.45) is 0 Å². The number of nitrogens with one attached hydrogen (secondary N) is 1. The van der Waals surface area contributed by atoms with Gasteiger partial charge in [-0.1, -0.05) is 6.07 Å². The smallest absolute Gasteiger partial charge is 0.334 e.